The van der Waals surface area contributed by atoms with Gasteiger partial charge in [-0.05, 0) is 24.6 Å². The number of benzene rings is 1. The van der Waals surface area contributed by atoms with Gasteiger partial charge in [-0.2, -0.15) is 10.4 Å². The molecule has 4 N–H and O–H groups in total. The Labute approximate surface area is 96.1 Å². The molecule has 5 nitrogen and oxygen atoms in total. The lowest BCUT2D eigenvalue weighted by Gasteiger charge is -2.05. The molecule has 0 saturated heterocycles. The molecule has 7 heteroatoms. The summed E-state index contributed by atoms with van der Waals surface area (Å²) in [5.74, 6) is -2.27. The molecule has 0 aliphatic carbocycles. The zero-order valence-electron chi connectivity index (χ0n) is 8.88. The molecule has 0 spiro atoms. The minimum Gasteiger partial charge on any atom is -0.382 e. The first-order chi connectivity index (χ1) is 7.95. The van der Waals surface area contributed by atoms with Gasteiger partial charge in [-0.1, -0.05) is 0 Å². The van der Waals surface area contributed by atoms with Crippen LogP contribution in [0.15, 0.2) is 17.2 Å². The first-order valence-electron chi connectivity index (χ1n) is 4.49. The monoisotopic (exact) mass is 237 g/mol. The largest absolute Gasteiger partial charge is 0.382 e. The van der Waals surface area contributed by atoms with Crippen molar-refractivity contribution in [2.24, 2.45) is 10.8 Å². The van der Waals surface area contributed by atoms with Crippen molar-refractivity contribution in [2.75, 3.05) is 5.43 Å². The van der Waals surface area contributed by atoms with E-state index >= 15 is 0 Å². The van der Waals surface area contributed by atoms with Crippen LogP contribution in [0, 0.1) is 35.3 Å². The fourth-order valence-corrected chi connectivity index (χ4v) is 1.06. The summed E-state index contributed by atoms with van der Waals surface area (Å²) in [4.78, 5) is 0. The number of hydrogen-bond acceptors (Lipinski definition) is 4. The third-order valence-electron chi connectivity index (χ3n) is 1.83. The van der Waals surface area contributed by atoms with E-state index in [1.807, 2.05) is 5.43 Å². The number of nitriles is 1. The van der Waals surface area contributed by atoms with Gasteiger partial charge in [-0.25, -0.2) is 8.78 Å². The van der Waals surface area contributed by atoms with Crippen molar-refractivity contribution >= 4 is 17.2 Å². The average Bonchev–Trinajstić information content (AvgIpc) is 2.21. The van der Waals surface area contributed by atoms with E-state index in [1.165, 1.54) is 13.0 Å². The van der Waals surface area contributed by atoms with Crippen LogP contribution in [-0.2, 0) is 0 Å². The number of nitrogens with two attached hydrogens (primary N) is 1. The van der Waals surface area contributed by atoms with Gasteiger partial charge in [0.1, 0.15) is 11.8 Å². The maximum atomic E-state index is 13.3. The molecule has 0 fully saturated rings. The fourth-order valence-electron chi connectivity index (χ4n) is 1.06. The van der Waals surface area contributed by atoms with Gasteiger partial charge in [-0.15, -0.1) is 0 Å². The Kier molecular flexibility index (Phi) is 3.72. The number of aryl methyl sites for hydroxylation is 1. The lowest BCUT2D eigenvalue weighted by atomic mass is 10.2. The zero-order chi connectivity index (χ0) is 13.0. The van der Waals surface area contributed by atoms with Crippen LogP contribution in [0.2, 0.25) is 0 Å². The first-order valence-corrected chi connectivity index (χ1v) is 4.49. The van der Waals surface area contributed by atoms with E-state index in [2.05, 4.69) is 5.10 Å². The number of rotatable bonds is 3. The summed E-state index contributed by atoms with van der Waals surface area (Å²) in [5, 5.41) is 18.8. The Morgan fingerprint density at radius 1 is 1.47 bits per heavy atom. The van der Waals surface area contributed by atoms with E-state index in [9.17, 15) is 8.78 Å². The topological polar surface area (TPSA) is 98.0 Å². The van der Waals surface area contributed by atoms with Crippen LogP contribution in [0.25, 0.3) is 0 Å². The highest BCUT2D eigenvalue weighted by Gasteiger charge is 2.10. The molecular weight excluding hydrogens is 228 g/mol. The molecule has 0 saturated carbocycles. The number of nitrogens with zero attached hydrogens (tertiary/aromatic N) is 2. The van der Waals surface area contributed by atoms with E-state index in [4.69, 9.17) is 16.4 Å². The molecule has 0 unspecified atom stereocenters. The SMILES string of the molecule is Cc1cc(F)c(N/N=C(\C#N)C(=N)N)c(F)c1. The van der Waals surface area contributed by atoms with Gasteiger partial charge in [0.2, 0.25) is 5.71 Å². The summed E-state index contributed by atoms with van der Waals surface area (Å²) >= 11 is 0. The van der Waals surface area contributed by atoms with E-state index in [0.717, 1.165) is 12.1 Å². The van der Waals surface area contributed by atoms with Gasteiger partial charge >= 0.3 is 0 Å². The molecule has 0 aromatic heterocycles. The third-order valence-corrected chi connectivity index (χ3v) is 1.83. The van der Waals surface area contributed by atoms with Gasteiger partial charge in [0, 0.05) is 0 Å². The second-order valence-corrected chi connectivity index (χ2v) is 3.20. The number of nitrogens with one attached hydrogen (secondary N) is 2. The summed E-state index contributed by atoms with van der Waals surface area (Å²) in [6.45, 7) is 1.54. The van der Waals surface area contributed by atoms with Crippen molar-refractivity contribution in [3.63, 3.8) is 0 Å². The van der Waals surface area contributed by atoms with Crippen LogP contribution < -0.4 is 11.2 Å². The molecule has 88 valence electrons. The lowest BCUT2D eigenvalue weighted by molar-refractivity contribution is 0.587. The molecule has 0 amide bonds. The number of amidine groups is 1. The Balaban J connectivity index is 3.05. The Hall–Kier alpha value is -2.49. The van der Waals surface area contributed by atoms with E-state index < -0.39 is 28.9 Å². The average molecular weight is 237 g/mol. The van der Waals surface area contributed by atoms with Crippen LogP contribution in [-0.4, -0.2) is 11.5 Å². The van der Waals surface area contributed by atoms with Gasteiger partial charge in [-0.3, -0.25) is 10.8 Å². The van der Waals surface area contributed by atoms with Gasteiger partial charge in [0.25, 0.3) is 0 Å². The van der Waals surface area contributed by atoms with Crippen molar-refractivity contribution in [3.05, 3.63) is 29.3 Å². The standard InChI is InChI=1S/C10H9F2N5/c1-5-2-6(11)9(7(12)3-5)17-16-8(4-13)10(14)15/h2-3,17H,1H3,(H3,14,15)/b16-8+. The van der Waals surface area contributed by atoms with Gasteiger partial charge in [0.05, 0.1) is 0 Å². The highest BCUT2D eigenvalue weighted by atomic mass is 19.1. The molecule has 0 aliphatic heterocycles. The summed E-state index contributed by atoms with van der Waals surface area (Å²) < 4.78 is 26.7. The second kappa shape index (κ2) is 5.03. The Morgan fingerprint density at radius 3 is 2.41 bits per heavy atom. The molecule has 0 heterocycles. The quantitative estimate of drug-likeness (QED) is 0.422. The predicted octanol–water partition coefficient (Wildman–Crippen LogP) is 1.50. The molecule has 17 heavy (non-hydrogen) atoms. The number of hydrogen-bond donors (Lipinski definition) is 3. The van der Waals surface area contributed by atoms with Crippen LogP contribution in [0.1, 0.15) is 5.56 Å². The van der Waals surface area contributed by atoms with Crippen LogP contribution in [0.3, 0.4) is 0 Å². The summed E-state index contributed by atoms with van der Waals surface area (Å²) in [6, 6.07) is 3.74. The molecule has 0 bridgehead atoms. The third kappa shape index (κ3) is 2.98. The van der Waals surface area contributed by atoms with Gasteiger partial charge in [0.15, 0.2) is 17.5 Å². The highest BCUT2D eigenvalue weighted by Crippen LogP contribution is 2.20. The van der Waals surface area contributed by atoms with Crippen LogP contribution in [0.4, 0.5) is 14.5 Å². The van der Waals surface area contributed by atoms with Crippen LogP contribution in [0.5, 0.6) is 0 Å². The van der Waals surface area contributed by atoms with Crippen molar-refractivity contribution in [2.45, 2.75) is 6.92 Å². The molecular formula is C10H9F2N5. The lowest BCUT2D eigenvalue weighted by Crippen LogP contribution is -2.22. The Morgan fingerprint density at radius 2 is 2.00 bits per heavy atom. The smallest absolute Gasteiger partial charge is 0.201 e. The van der Waals surface area contributed by atoms with E-state index in [0.29, 0.717) is 5.56 Å². The summed E-state index contributed by atoms with van der Waals surface area (Å²) in [6.07, 6.45) is 0. The molecule has 1 rings (SSSR count). The molecule has 1 aromatic rings. The highest BCUT2D eigenvalue weighted by molar-refractivity contribution is 6.45. The second-order valence-electron chi connectivity index (χ2n) is 3.20. The van der Waals surface area contributed by atoms with Crippen molar-refractivity contribution in [3.8, 4) is 6.07 Å². The maximum Gasteiger partial charge on any atom is 0.201 e. The Bertz CT molecular complexity index is 507. The van der Waals surface area contributed by atoms with Crippen molar-refractivity contribution < 1.29 is 8.78 Å². The number of halogens is 2. The molecule has 0 radical (unpaired) electrons. The normalized spacial score (nSPS) is 10.8. The van der Waals surface area contributed by atoms with Crippen LogP contribution >= 0.6 is 0 Å². The summed E-state index contributed by atoms with van der Waals surface area (Å²) in [7, 11) is 0. The van der Waals surface area contributed by atoms with E-state index in [-0.39, 0.29) is 0 Å². The molecule has 0 atom stereocenters. The minimum absolute atomic E-state index is 0.418. The van der Waals surface area contributed by atoms with Gasteiger partial charge < -0.3 is 5.73 Å². The minimum atomic E-state index is -0.841. The fraction of sp³-hybridized carbons (Fsp3) is 0.100. The maximum absolute atomic E-state index is 13.3. The zero-order valence-corrected chi connectivity index (χ0v) is 8.88. The predicted molar refractivity (Wildman–Crippen MR) is 59.7 cm³/mol. The molecule has 1 aromatic carbocycles. The van der Waals surface area contributed by atoms with Crippen molar-refractivity contribution in [1.82, 2.24) is 0 Å². The summed E-state index contributed by atoms with van der Waals surface area (Å²) in [5.41, 5.74) is 6.52. The van der Waals surface area contributed by atoms with Crippen molar-refractivity contribution in [1.29, 1.82) is 10.7 Å². The number of hydrazone groups is 1. The van der Waals surface area contributed by atoms with E-state index in [1.54, 1.807) is 0 Å². The first kappa shape index (κ1) is 12.6. The molecule has 0 aliphatic rings. The number of anilines is 1.